The molecule has 0 unspecified atom stereocenters. The molecule has 104 valence electrons. The number of hydrogen-bond acceptors (Lipinski definition) is 4. The number of rotatable bonds is 7. The number of hydrogen-bond donors (Lipinski definition) is 1. The molecule has 0 aliphatic rings. The van der Waals surface area contributed by atoms with Crippen LogP contribution in [0.4, 0.5) is 5.69 Å². The van der Waals surface area contributed by atoms with Gasteiger partial charge in [-0.15, -0.1) is 11.8 Å². The Morgan fingerprint density at radius 3 is 2.68 bits per heavy atom. The van der Waals surface area contributed by atoms with Crippen LogP contribution in [0.3, 0.4) is 0 Å². The fourth-order valence-electron chi connectivity index (χ4n) is 1.48. The molecule has 1 rings (SSSR count). The summed E-state index contributed by atoms with van der Waals surface area (Å²) >= 11 is 1.46. The van der Waals surface area contributed by atoms with E-state index in [1.54, 1.807) is 32.4 Å². The molecular weight excluding hydrogens is 266 g/mol. The molecule has 1 aromatic carbocycles. The smallest absolute Gasteiger partial charge is 0.337 e. The first-order chi connectivity index (χ1) is 9.07. The minimum absolute atomic E-state index is 0.125. The highest BCUT2D eigenvalue weighted by Gasteiger charge is 2.17. The number of anilines is 1. The molecule has 0 aromatic heterocycles. The van der Waals surface area contributed by atoms with E-state index in [1.165, 1.54) is 22.7 Å². The topological polar surface area (TPSA) is 66.8 Å². The van der Waals surface area contributed by atoms with Crippen molar-refractivity contribution in [3.8, 4) is 0 Å². The van der Waals surface area contributed by atoms with Gasteiger partial charge in [0.05, 0.1) is 23.6 Å². The zero-order chi connectivity index (χ0) is 14.3. The minimum atomic E-state index is -1.04. The number of aromatic carboxylic acids is 1. The van der Waals surface area contributed by atoms with E-state index in [2.05, 4.69) is 0 Å². The molecule has 0 radical (unpaired) electrons. The molecule has 0 heterocycles. The number of thioether (sulfide) groups is 1. The van der Waals surface area contributed by atoms with Gasteiger partial charge in [-0.05, 0) is 12.1 Å². The van der Waals surface area contributed by atoms with Crippen LogP contribution in [0.2, 0.25) is 0 Å². The summed E-state index contributed by atoms with van der Waals surface area (Å²) in [4.78, 5) is 24.4. The van der Waals surface area contributed by atoms with Gasteiger partial charge in [0.1, 0.15) is 0 Å². The van der Waals surface area contributed by atoms with E-state index in [0.29, 0.717) is 18.0 Å². The Hall–Kier alpha value is -1.53. The quantitative estimate of drug-likeness (QED) is 0.772. The van der Waals surface area contributed by atoms with Crippen LogP contribution in [0.1, 0.15) is 10.4 Å². The molecule has 0 bridgehead atoms. The van der Waals surface area contributed by atoms with Gasteiger partial charge in [0.25, 0.3) is 0 Å². The van der Waals surface area contributed by atoms with Crippen molar-refractivity contribution in [2.24, 2.45) is 0 Å². The normalized spacial score (nSPS) is 10.2. The van der Waals surface area contributed by atoms with Crippen molar-refractivity contribution in [1.29, 1.82) is 0 Å². The number of benzene rings is 1. The van der Waals surface area contributed by atoms with E-state index >= 15 is 0 Å². The SMILES string of the molecule is COCCSCC(=O)N(C)c1ccccc1C(=O)O. The number of para-hydroxylation sites is 1. The summed E-state index contributed by atoms with van der Waals surface area (Å²) in [5, 5.41) is 9.08. The van der Waals surface area contributed by atoms with Crippen LogP contribution in [-0.4, -0.2) is 49.3 Å². The first-order valence-electron chi connectivity index (χ1n) is 5.73. The molecule has 0 aliphatic heterocycles. The van der Waals surface area contributed by atoms with E-state index in [1.807, 2.05) is 0 Å². The van der Waals surface area contributed by atoms with Crippen LogP contribution in [-0.2, 0) is 9.53 Å². The lowest BCUT2D eigenvalue weighted by Gasteiger charge is -2.19. The second kappa shape index (κ2) is 7.81. The molecule has 0 fully saturated rings. The highest BCUT2D eigenvalue weighted by atomic mass is 32.2. The third-order valence-corrected chi connectivity index (χ3v) is 3.43. The highest BCUT2D eigenvalue weighted by Crippen LogP contribution is 2.20. The fraction of sp³-hybridized carbons (Fsp3) is 0.385. The van der Waals surface area contributed by atoms with E-state index in [-0.39, 0.29) is 11.5 Å². The number of methoxy groups -OCH3 is 1. The molecule has 0 atom stereocenters. The van der Waals surface area contributed by atoms with E-state index in [4.69, 9.17) is 9.84 Å². The number of carboxylic acids is 1. The average molecular weight is 283 g/mol. The summed E-state index contributed by atoms with van der Waals surface area (Å²) in [6, 6.07) is 6.46. The maximum atomic E-state index is 12.0. The van der Waals surface area contributed by atoms with Gasteiger partial charge in [0, 0.05) is 19.9 Å². The molecule has 1 amide bonds. The van der Waals surface area contributed by atoms with Crippen molar-refractivity contribution < 1.29 is 19.4 Å². The van der Waals surface area contributed by atoms with Crippen molar-refractivity contribution in [1.82, 2.24) is 0 Å². The number of ether oxygens (including phenoxy) is 1. The largest absolute Gasteiger partial charge is 0.478 e. The lowest BCUT2D eigenvalue weighted by atomic mass is 10.1. The van der Waals surface area contributed by atoms with Gasteiger partial charge in [0.2, 0.25) is 5.91 Å². The second-order valence-electron chi connectivity index (χ2n) is 3.82. The maximum absolute atomic E-state index is 12.0. The van der Waals surface area contributed by atoms with Gasteiger partial charge in [-0.3, -0.25) is 4.79 Å². The first kappa shape index (κ1) is 15.5. The second-order valence-corrected chi connectivity index (χ2v) is 4.93. The molecule has 6 heteroatoms. The molecule has 19 heavy (non-hydrogen) atoms. The number of carbonyl (C=O) groups is 2. The monoisotopic (exact) mass is 283 g/mol. The molecular formula is C13H17NO4S. The summed E-state index contributed by atoms with van der Waals surface area (Å²) in [6.07, 6.45) is 0. The maximum Gasteiger partial charge on any atom is 0.337 e. The molecule has 0 saturated heterocycles. The summed E-state index contributed by atoms with van der Waals surface area (Å²) in [6.45, 7) is 0.591. The third-order valence-electron chi connectivity index (χ3n) is 2.53. The van der Waals surface area contributed by atoms with Crippen molar-refractivity contribution in [3.05, 3.63) is 29.8 Å². The van der Waals surface area contributed by atoms with Crippen molar-refractivity contribution in [2.45, 2.75) is 0 Å². The summed E-state index contributed by atoms with van der Waals surface area (Å²) in [7, 11) is 3.19. The Morgan fingerprint density at radius 2 is 2.05 bits per heavy atom. The Balaban J connectivity index is 2.69. The van der Waals surface area contributed by atoms with Crippen molar-refractivity contribution in [3.63, 3.8) is 0 Å². The van der Waals surface area contributed by atoms with Crippen LogP contribution >= 0.6 is 11.8 Å². The van der Waals surface area contributed by atoms with Gasteiger partial charge < -0.3 is 14.7 Å². The predicted molar refractivity (Wildman–Crippen MR) is 76.0 cm³/mol. The predicted octanol–water partition coefficient (Wildman–Crippen LogP) is 1.73. The Bertz CT molecular complexity index is 450. The molecule has 0 spiro atoms. The van der Waals surface area contributed by atoms with E-state index in [0.717, 1.165) is 5.75 Å². The summed E-state index contributed by atoms with van der Waals surface area (Å²) < 4.78 is 4.90. The van der Waals surface area contributed by atoms with Crippen LogP contribution < -0.4 is 4.90 Å². The third kappa shape index (κ3) is 4.57. The lowest BCUT2D eigenvalue weighted by molar-refractivity contribution is -0.115. The van der Waals surface area contributed by atoms with Crippen LogP contribution in [0.15, 0.2) is 24.3 Å². The molecule has 0 saturated carbocycles. The van der Waals surface area contributed by atoms with Gasteiger partial charge in [0.15, 0.2) is 0 Å². The molecule has 1 aromatic rings. The standard InChI is InChI=1S/C13H17NO4S/c1-14(12(15)9-19-8-7-18-2)11-6-4-3-5-10(11)13(16)17/h3-6H,7-9H2,1-2H3,(H,16,17). The first-order valence-corrected chi connectivity index (χ1v) is 6.89. The number of carbonyl (C=O) groups excluding carboxylic acids is 1. The van der Waals surface area contributed by atoms with E-state index < -0.39 is 5.97 Å². The van der Waals surface area contributed by atoms with Crippen LogP contribution in [0.5, 0.6) is 0 Å². The van der Waals surface area contributed by atoms with Crippen molar-refractivity contribution in [2.75, 3.05) is 37.2 Å². The zero-order valence-corrected chi connectivity index (χ0v) is 11.8. The lowest BCUT2D eigenvalue weighted by Crippen LogP contribution is -2.29. The molecule has 5 nitrogen and oxygen atoms in total. The highest BCUT2D eigenvalue weighted by molar-refractivity contribution is 7.99. The van der Waals surface area contributed by atoms with E-state index in [9.17, 15) is 9.59 Å². The Morgan fingerprint density at radius 1 is 1.37 bits per heavy atom. The molecule has 1 N–H and O–H groups in total. The van der Waals surface area contributed by atoms with Crippen molar-refractivity contribution >= 4 is 29.3 Å². The van der Waals surface area contributed by atoms with Gasteiger partial charge >= 0.3 is 5.97 Å². The number of amides is 1. The van der Waals surface area contributed by atoms with Gasteiger partial charge in [-0.25, -0.2) is 4.79 Å². The number of nitrogens with zero attached hydrogens (tertiary/aromatic N) is 1. The fourth-order valence-corrected chi connectivity index (χ4v) is 2.28. The van der Waals surface area contributed by atoms with Gasteiger partial charge in [-0.2, -0.15) is 0 Å². The molecule has 0 aliphatic carbocycles. The summed E-state index contributed by atoms with van der Waals surface area (Å²) in [5.74, 6) is -0.137. The van der Waals surface area contributed by atoms with Crippen LogP contribution in [0.25, 0.3) is 0 Å². The van der Waals surface area contributed by atoms with Gasteiger partial charge in [-0.1, -0.05) is 12.1 Å². The summed E-state index contributed by atoms with van der Waals surface area (Å²) in [5.41, 5.74) is 0.535. The minimum Gasteiger partial charge on any atom is -0.478 e. The Labute approximate surface area is 116 Å². The van der Waals surface area contributed by atoms with Crippen LogP contribution in [0, 0.1) is 0 Å². The average Bonchev–Trinajstić information content (AvgIpc) is 2.42. The Kier molecular flexibility index (Phi) is 6.38. The number of carboxylic acid groups (broad SMARTS) is 1. The zero-order valence-electron chi connectivity index (χ0n) is 11.0.